The van der Waals surface area contributed by atoms with Gasteiger partial charge in [0.05, 0.1) is 24.4 Å². The van der Waals surface area contributed by atoms with Gasteiger partial charge in [0.15, 0.2) is 5.13 Å². The van der Waals surface area contributed by atoms with Crippen LogP contribution in [-0.4, -0.2) is 47.1 Å². The Hall–Kier alpha value is -2.45. The lowest BCUT2D eigenvalue weighted by molar-refractivity contribution is 0.0731. The van der Waals surface area contributed by atoms with Crippen LogP contribution in [0.4, 0.5) is 9.52 Å². The van der Waals surface area contributed by atoms with Crippen LogP contribution in [0.2, 0.25) is 0 Å². The van der Waals surface area contributed by atoms with Crippen LogP contribution in [0, 0.1) is 11.7 Å². The first-order chi connectivity index (χ1) is 14.6. The van der Waals surface area contributed by atoms with Gasteiger partial charge in [0.2, 0.25) is 0 Å². The molecule has 2 aliphatic rings. The largest absolute Gasteiger partial charge is 0.381 e. The number of benzene rings is 1. The second-order valence-corrected chi connectivity index (χ2v) is 9.09. The zero-order chi connectivity index (χ0) is 20.7. The molecule has 2 aromatic heterocycles. The summed E-state index contributed by atoms with van der Waals surface area (Å²) in [5, 5.41) is 5.14. The number of ether oxygens (including phenoxy) is 1. The van der Waals surface area contributed by atoms with Gasteiger partial charge in [-0.3, -0.25) is 4.79 Å². The molecule has 1 atom stereocenters. The minimum atomic E-state index is -0.326. The molecule has 6 nitrogen and oxygen atoms in total. The summed E-state index contributed by atoms with van der Waals surface area (Å²) in [5.41, 5.74) is 2.96. The van der Waals surface area contributed by atoms with Crippen molar-refractivity contribution in [2.45, 2.75) is 32.7 Å². The topological polar surface area (TPSA) is 70.2 Å². The summed E-state index contributed by atoms with van der Waals surface area (Å²) >= 11 is 1.62. The third-order valence-electron chi connectivity index (χ3n) is 6.03. The van der Waals surface area contributed by atoms with Gasteiger partial charge in [-0.1, -0.05) is 24.3 Å². The van der Waals surface area contributed by atoms with Gasteiger partial charge in [-0.25, -0.2) is 9.37 Å². The van der Waals surface area contributed by atoms with Crippen molar-refractivity contribution in [2.24, 2.45) is 5.92 Å². The Kier molecular flexibility index (Phi) is 5.20. The molecule has 2 aliphatic heterocycles. The minimum absolute atomic E-state index is 0.0932. The van der Waals surface area contributed by atoms with Crippen LogP contribution in [0.15, 0.2) is 18.2 Å². The lowest BCUT2D eigenvalue weighted by Crippen LogP contribution is -2.35. The molecule has 0 saturated carbocycles. The molecule has 158 valence electrons. The number of aromatic amines is 1. The number of fused-ring (bicyclic) bond motifs is 2. The first-order valence-electron chi connectivity index (χ1n) is 10.5. The number of carbonyl (C=O) groups excluding carboxylic acids is 1. The summed E-state index contributed by atoms with van der Waals surface area (Å²) in [5.74, 6) is 0.122. The van der Waals surface area contributed by atoms with Gasteiger partial charge in [0.25, 0.3) is 5.91 Å². The van der Waals surface area contributed by atoms with Crippen LogP contribution in [0.1, 0.15) is 40.0 Å². The second kappa shape index (κ2) is 8.00. The normalized spacial score (nSPS) is 18.7. The molecule has 30 heavy (non-hydrogen) atoms. The van der Waals surface area contributed by atoms with Crippen LogP contribution in [0.3, 0.4) is 0 Å². The highest BCUT2D eigenvalue weighted by Crippen LogP contribution is 2.30. The van der Waals surface area contributed by atoms with E-state index in [1.54, 1.807) is 23.5 Å². The van der Waals surface area contributed by atoms with Crippen LogP contribution >= 0.6 is 11.3 Å². The smallest absolute Gasteiger partial charge is 0.270 e. The van der Waals surface area contributed by atoms with Crippen molar-refractivity contribution in [1.29, 1.82) is 0 Å². The Morgan fingerprint density at radius 3 is 3.17 bits per heavy atom. The number of nitrogens with one attached hydrogen (secondary N) is 2. The predicted octanol–water partition coefficient (Wildman–Crippen LogP) is 3.97. The summed E-state index contributed by atoms with van der Waals surface area (Å²) in [6, 6.07) is 5.04. The van der Waals surface area contributed by atoms with Gasteiger partial charge < -0.3 is 19.9 Å². The number of anilines is 1. The van der Waals surface area contributed by atoms with Gasteiger partial charge in [-0.2, -0.15) is 0 Å². The molecule has 1 unspecified atom stereocenters. The number of aromatic nitrogens is 2. The maximum Gasteiger partial charge on any atom is 0.270 e. The van der Waals surface area contributed by atoms with E-state index in [2.05, 4.69) is 10.3 Å². The van der Waals surface area contributed by atoms with Crippen LogP contribution < -0.4 is 5.32 Å². The van der Waals surface area contributed by atoms with E-state index >= 15 is 0 Å². The monoisotopic (exact) mass is 428 g/mol. The Morgan fingerprint density at radius 1 is 1.47 bits per heavy atom. The van der Waals surface area contributed by atoms with E-state index in [1.807, 2.05) is 11.8 Å². The maximum atomic E-state index is 14.2. The Balaban J connectivity index is 1.31. The SMILES string of the molecule is CCc1ccc(F)c2[nH]c(C(=O)N3CCc4nc(NCC5CCOC5)sc4C3)cc12. The van der Waals surface area contributed by atoms with E-state index in [4.69, 9.17) is 9.72 Å². The third-order valence-corrected chi connectivity index (χ3v) is 7.07. The number of hydrogen-bond donors (Lipinski definition) is 2. The molecule has 1 saturated heterocycles. The van der Waals surface area contributed by atoms with Crippen LogP contribution in [-0.2, 0) is 24.1 Å². The van der Waals surface area contributed by atoms with Crippen molar-refractivity contribution in [3.05, 3.63) is 45.8 Å². The van der Waals surface area contributed by atoms with Crippen molar-refractivity contribution in [1.82, 2.24) is 14.9 Å². The highest BCUT2D eigenvalue weighted by atomic mass is 32.1. The first-order valence-corrected chi connectivity index (χ1v) is 11.3. The van der Waals surface area contributed by atoms with Crippen LogP contribution in [0.25, 0.3) is 10.9 Å². The summed E-state index contributed by atoms with van der Waals surface area (Å²) < 4.78 is 19.7. The Bertz CT molecular complexity index is 1090. The van der Waals surface area contributed by atoms with Gasteiger partial charge in [0.1, 0.15) is 11.5 Å². The minimum Gasteiger partial charge on any atom is -0.381 e. The number of H-pyrrole nitrogens is 1. The first kappa shape index (κ1) is 19.5. The van der Waals surface area contributed by atoms with Gasteiger partial charge >= 0.3 is 0 Å². The molecule has 1 amide bonds. The number of hydrogen-bond acceptors (Lipinski definition) is 5. The van der Waals surface area contributed by atoms with Gasteiger partial charge in [-0.15, -0.1) is 0 Å². The van der Waals surface area contributed by atoms with E-state index < -0.39 is 0 Å². The number of thiazole rings is 1. The molecular weight excluding hydrogens is 403 g/mol. The van der Waals surface area contributed by atoms with Crippen molar-refractivity contribution in [3.8, 4) is 0 Å². The lowest BCUT2D eigenvalue weighted by Gasteiger charge is -2.25. The number of rotatable bonds is 5. The Labute approximate surface area is 178 Å². The fourth-order valence-corrected chi connectivity index (χ4v) is 5.29. The molecule has 8 heteroatoms. The summed E-state index contributed by atoms with van der Waals surface area (Å²) in [6.07, 6.45) is 2.62. The molecular formula is C22H25FN4O2S. The highest BCUT2D eigenvalue weighted by Gasteiger charge is 2.27. The zero-order valence-electron chi connectivity index (χ0n) is 17.0. The fourth-order valence-electron chi connectivity index (χ4n) is 4.26. The van der Waals surface area contributed by atoms with E-state index in [-0.39, 0.29) is 11.7 Å². The quantitative estimate of drug-likeness (QED) is 0.645. The van der Waals surface area contributed by atoms with Crippen molar-refractivity contribution < 1.29 is 13.9 Å². The number of aryl methyl sites for hydroxylation is 1. The van der Waals surface area contributed by atoms with Crippen molar-refractivity contribution in [2.75, 3.05) is 31.6 Å². The second-order valence-electron chi connectivity index (χ2n) is 8.01. The predicted molar refractivity (Wildman–Crippen MR) is 116 cm³/mol. The molecule has 3 aromatic rings. The number of carbonyl (C=O) groups is 1. The summed E-state index contributed by atoms with van der Waals surface area (Å²) in [7, 11) is 0. The average molecular weight is 429 g/mol. The molecule has 0 radical (unpaired) electrons. The molecule has 0 bridgehead atoms. The van der Waals surface area contributed by atoms with Crippen molar-refractivity contribution in [3.63, 3.8) is 0 Å². The summed E-state index contributed by atoms with van der Waals surface area (Å²) in [4.78, 5) is 23.8. The van der Waals surface area contributed by atoms with E-state index in [9.17, 15) is 9.18 Å². The standard InChI is InChI=1S/C22H25FN4O2S/c1-2-14-3-4-16(23)20-15(14)9-18(25-20)21(28)27-7-5-17-19(11-27)30-22(26-17)24-10-13-6-8-29-12-13/h3-4,9,13,25H,2,5-8,10-12H2,1H3,(H,24,26). The molecule has 0 spiro atoms. The van der Waals surface area contributed by atoms with E-state index in [0.29, 0.717) is 30.2 Å². The van der Waals surface area contributed by atoms with Crippen LogP contribution in [0.5, 0.6) is 0 Å². The molecule has 5 rings (SSSR count). The lowest BCUT2D eigenvalue weighted by atomic mass is 10.1. The number of nitrogens with zero attached hydrogens (tertiary/aromatic N) is 2. The summed E-state index contributed by atoms with van der Waals surface area (Å²) in [6.45, 7) is 5.71. The van der Waals surface area contributed by atoms with Gasteiger partial charge in [0, 0.05) is 42.3 Å². The van der Waals surface area contributed by atoms with Crippen molar-refractivity contribution >= 4 is 33.3 Å². The van der Waals surface area contributed by atoms with Gasteiger partial charge in [-0.05, 0) is 30.5 Å². The van der Waals surface area contributed by atoms with E-state index in [1.165, 1.54) is 6.07 Å². The molecule has 1 aromatic carbocycles. The zero-order valence-corrected chi connectivity index (χ0v) is 17.8. The maximum absolute atomic E-state index is 14.2. The molecule has 4 heterocycles. The number of amides is 1. The Morgan fingerprint density at radius 2 is 2.37 bits per heavy atom. The molecule has 0 aliphatic carbocycles. The highest BCUT2D eigenvalue weighted by molar-refractivity contribution is 7.15. The molecule has 2 N–H and O–H groups in total. The van der Waals surface area contributed by atoms with E-state index in [0.717, 1.165) is 65.7 Å². The average Bonchev–Trinajstić information content (AvgIpc) is 3.50. The molecule has 1 fully saturated rings. The third kappa shape index (κ3) is 3.58. The number of halogens is 1. The fraction of sp³-hybridized carbons (Fsp3) is 0.455.